The zero-order valence-corrected chi connectivity index (χ0v) is 22.9. The summed E-state index contributed by atoms with van der Waals surface area (Å²) >= 11 is 1.21. The first-order chi connectivity index (χ1) is 19.5. The molecule has 206 valence electrons. The molecule has 0 saturated carbocycles. The molecule has 40 heavy (non-hydrogen) atoms. The van der Waals surface area contributed by atoms with Crippen LogP contribution in [0.4, 0.5) is 5.69 Å². The number of hydrogen-bond donors (Lipinski definition) is 2. The van der Waals surface area contributed by atoms with Crippen LogP contribution in [0.2, 0.25) is 0 Å². The summed E-state index contributed by atoms with van der Waals surface area (Å²) in [5.41, 5.74) is 2.27. The van der Waals surface area contributed by atoms with Crippen molar-refractivity contribution in [2.24, 2.45) is 9.98 Å². The van der Waals surface area contributed by atoms with Gasteiger partial charge in [-0.15, -0.1) is 0 Å². The van der Waals surface area contributed by atoms with Crippen LogP contribution in [0.1, 0.15) is 36.7 Å². The molecule has 5 rings (SSSR count). The van der Waals surface area contributed by atoms with Crippen LogP contribution in [-0.4, -0.2) is 52.0 Å². The van der Waals surface area contributed by atoms with Gasteiger partial charge < -0.3 is 19.8 Å². The van der Waals surface area contributed by atoms with Crippen LogP contribution < -0.4 is 15.4 Å². The van der Waals surface area contributed by atoms with Crippen LogP contribution in [0, 0.1) is 0 Å². The van der Waals surface area contributed by atoms with E-state index in [2.05, 4.69) is 15.6 Å². The number of carbonyl (C=O) groups excluding carboxylic acids is 3. The molecule has 2 aliphatic heterocycles. The van der Waals surface area contributed by atoms with Crippen molar-refractivity contribution in [2.75, 3.05) is 7.11 Å². The molecule has 2 N–H and O–H groups in total. The number of methoxy groups -OCH3 is 1. The second-order valence-corrected chi connectivity index (χ2v) is 10.4. The minimum absolute atomic E-state index is 0.101. The van der Waals surface area contributed by atoms with Crippen LogP contribution in [0.15, 0.2) is 81.3 Å². The molecule has 0 saturated heterocycles. The molecule has 0 bridgehead atoms. The molecule has 11 heteroatoms. The van der Waals surface area contributed by atoms with Crippen LogP contribution in [0.25, 0.3) is 0 Å². The number of carbonyl (C=O) groups is 3. The predicted molar refractivity (Wildman–Crippen MR) is 152 cm³/mol. The number of amidine groups is 2. The van der Waals surface area contributed by atoms with Crippen molar-refractivity contribution in [3.63, 3.8) is 0 Å². The van der Waals surface area contributed by atoms with Crippen molar-refractivity contribution < 1.29 is 23.5 Å². The van der Waals surface area contributed by atoms with Gasteiger partial charge in [0.25, 0.3) is 5.91 Å². The normalized spacial score (nSPS) is 16.4. The summed E-state index contributed by atoms with van der Waals surface area (Å²) in [4.78, 5) is 50.1. The Morgan fingerprint density at radius 1 is 1.07 bits per heavy atom. The van der Waals surface area contributed by atoms with E-state index < -0.39 is 11.3 Å². The van der Waals surface area contributed by atoms with Gasteiger partial charge in [0.2, 0.25) is 11.8 Å². The highest BCUT2D eigenvalue weighted by Crippen LogP contribution is 2.35. The summed E-state index contributed by atoms with van der Waals surface area (Å²) in [5.74, 6) is 0.995. The van der Waals surface area contributed by atoms with Gasteiger partial charge in [0.15, 0.2) is 5.17 Å². The lowest BCUT2D eigenvalue weighted by Crippen LogP contribution is -2.43. The summed E-state index contributed by atoms with van der Waals surface area (Å²) in [6.45, 7) is 2.49. The largest absolute Gasteiger partial charge is 0.497 e. The minimum Gasteiger partial charge on any atom is -0.497 e. The van der Waals surface area contributed by atoms with Crippen molar-refractivity contribution in [3.8, 4) is 5.75 Å². The van der Waals surface area contributed by atoms with Crippen LogP contribution in [0.3, 0.4) is 0 Å². The fraction of sp³-hybridized carbons (Fsp3) is 0.276. The molecule has 0 fully saturated rings. The second kappa shape index (κ2) is 12.2. The van der Waals surface area contributed by atoms with E-state index in [4.69, 9.17) is 14.1 Å². The number of ether oxygens (including phenoxy) is 1. The van der Waals surface area contributed by atoms with Gasteiger partial charge in [-0.2, -0.15) is 0 Å². The fourth-order valence-corrected chi connectivity index (χ4v) is 5.40. The molecule has 2 unspecified atom stereocenters. The van der Waals surface area contributed by atoms with Gasteiger partial charge in [-0.25, -0.2) is 9.89 Å². The number of fused-ring (bicyclic) bond motifs is 3. The molecule has 1 aromatic heterocycles. The number of aliphatic imine (C=N–C) groups is 2. The molecule has 2 aliphatic rings. The minimum atomic E-state index is -0.893. The van der Waals surface area contributed by atoms with Crippen molar-refractivity contribution in [1.82, 2.24) is 15.5 Å². The van der Waals surface area contributed by atoms with E-state index in [0.29, 0.717) is 41.0 Å². The van der Waals surface area contributed by atoms with Crippen molar-refractivity contribution >= 4 is 46.2 Å². The quantitative estimate of drug-likeness (QED) is 0.390. The number of furan rings is 1. The zero-order chi connectivity index (χ0) is 28.1. The molecule has 0 radical (unpaired) electrons. The van der Waals surface area contributed by atoms with Crippen molar-refractivity contribution in [1.29, 1.82) is 0 Å². The lowest BCUT2D eigenvalue weighted by Gasteiger charge is -2.27. The third kappa shape index (κ3) is 5.94. The Kier molecular flexibility index (Phi) is 8.30. The summed E-state index contributed by atoms with van der Waals surface area (Å²) in [5, 5.41) is 5.61. The van der Waals surface area contributed by atoms with E-state index in [1.807, 2.05) is 55.5 Å². The zero-order valence-electron chi connectivity index (χ0n) is 22.1. The molecule has 0 aliphatic carbocycles. The third-order valence-corrected chi connectivity index (χ3v) is 7.82. The lowest BCUT2D eigenvalue weighted by atomic mass is 10.1. The highest BCUT2D eigenvalue weighted by Gasteiger charge is 2.43. The first kappa shape index (κ1) is 27.2. The number of rotatable bonds is 10. The van der Waals surface area contributed by atoms with Crippen LogP contribution >= 0.6 is 11.8 Å². The van der Waals surface area contributed by atoms with Gasteiger partial charge >= 0.3 is 0 Å². The average molecular weight is 560 g/mol. The van der Waals surface area contributed by atoms with E-state index in [-0.39, 0.29) is 30.7 Å². The van der Waals surface area contributed by atoms with E-state index in [1.54, 1.807) is 25.5 Å². The van der Waals surface area contributed by atoms with E-state index in [1.165, 1.54) is 16.7 Å². The maximum Gasteiger partial charge on any atom is 0.259 e. The number of benzene rings is 2. The molecule has 3 amide bonds. The number of para-hydroxylation sites is 1. The molecular formula is C29H29N5O5S. The smallest absolute Gasteiger partial charge is 0.259 e. The lowest BCUT2D eigenvalue weighted by molar-refractivity contribution is -0.128. The Bertz CT molecular complexity index is 1450. The first-order valence-electron chi connectivity index (χ1n) is 12.9. The number of thioether (sulfide) groups is 1. The molecule has 2 aromatic carbocycles. The summed E-state index contributed by atoms with van der Waals surface area (Å²) in [6, 6.07) is 17.4. The van der Waals surface area contributed by atoms with Gasteiger partial charge in [0.1, 0.15) is 23.4 Å². The van der Waals surface area contributed by atoms with Gasteiger partial charge in [-0.05, 0) is 48.4 Å². The van der Waals surface area contributed by atoms with E-state index in [0.717, 1.165) is 11.3 Å². The topological polar surface area (TPSA) is 126 Å². The molecule has 3 heterocycles. The number of nitrogens with one attached hydrogen (secondary N) is 2. The molecule has 3 aromatic rings. The summed E-state index contributed by atoms with van der Waals surface area (Å²) in [6.07, 6.45) is 1.97. The Morgan fingerprint density at radius 3 is 2.60 bits per heavy atom. The number of amides is 3. The first-order valence-corrected chi connectivity index (χ1v) is 13.8. The Hall–Kier alpha value is -4.38. The van der Waals surface area contributed by atoms with Gasteiger partial charge in [0.05, 0.1) is 37.3 Å². The predicted octanol–water partition coefficient (Wildman–Crippen LogP) is 3.78. The van der Waals surface area contributed by atoms with Crippen LogP contribution in [-0.2, 0) is 27.5 Å². The maximum atomic E-state index is 13.6. The second-order valence-electron chi connectivity index (χ2n) is 9.19. The summed E-state index contributed by atoms with van der Waals surface area (Å²) in [7, 11) is 1.59. The molecule has 10 nitrogen and oxygen atoms in total. The summed E-state index contributed by atoms with van der Waals surface area (Å²) < 4.78 is 10.5. The Balaban J connectivity index is 1.29. The third-order valence-electron chi connectivity index (χ3n) is 6.50. The van der Waals surface area contributed by atoms with Gasteiger partial charge in [-0.1, -0.05) is 43.0 Å². The SMILES string of the molecule is CCC(SC1=Nc2ccccc2C2=NC(CC(=O)NCc3ccc(OC)cc3)C(=O)N12)C(=O)NCc1ccco1. The monoisotopic (exact) mass is 559 g/mol. The number of hydrogen-bond acceptors (Lipinski definition) is 8. The van der Waals surface area contributed by atoms with E-state index in [9.17, 15) is 14.4 Å². The van der Waals surface area contributed by atoms with Gasteiger partial charge in [0, 0.05) is 12.1 Å². The standard InChI is InChI=1S/C29H29N5O5S/c1-3-24(27(36)31-17-20-7-6-14-39-20)40-29-33-22-9-5-4-8-21(22)26-32-23(28(37)34(26)29)15-25(35)30-16-18-10-12-19(38-2)13-11-18/h4-14,23-24H,3,15-17H2,1-2H3,(H,30,35)(H,31,36). The Labute approximate surface area is 235 Å². The average Bonchev–Trinajstić information content (AvgIpc) is 3.62. The fourth-order valence-electron chi connectivity index (χ4n) is 4.36. The highest BCUT2D eigenvalue weighted by atomic mass is 32.2. The molecule has 2 atom stereocenters. The molecule has 0 spiro atoms. The van der Waals surface area contributed by atoms with Crippen LogP contribution in [0.5, 0.6) is 5.75 Å². The Morgan fingerprint density at radius 2 is 1.88 bits per heavy atom. The van der Waals surface area contributed by atoms with Crippen molar-refractivity contribution in [2.45, 2.75) is 44.1 Å². The number of nitrogens with zero attached hydrogens (tertiary/aromatic N) is 3. The van der Waals surface area contributed by atoms with E-state index >= 15 is 0 Å². The molecular weight excluding hydrogens is 530 g/mol. The van der Waals surface area contributed by atoms with Gasteiger partial charge in [-0.3, -0.25) is 19.4 Å². The maximum absolute atomic E-state index is 13.6. The van der Waals surface area contributed by atoms with Crippen molar-refractivity contribution in [3.05, 3.63) is 83.8 Å². The highest BCUT2D eigenvalue weighted by molar-refractivity contribution is 8.15.